The highest BCUT2D eigenvalue weighted by atomic mass is 31.0. The molecule has 0 radical (unpaired) electrons. The van der Waals surface area contributed by atoms with Gasteiger partial charge in [0, 0.05) is 6.92 Å². The largest absolute Gasteiger partial charge is 0.283 e. The van der Waals surface area contributed by atoms with Crippen LogP contribution >= 0.6 is 9.39 Å². The summed E-state index contributed by atoms with van der Waals surface area (Å²) in [6, 6.07) is 0. The van der Waals surface area contributed by atoms with Crippen LogP contribution in [0.15, 0.2) is 0 Å². The number of carbonyl (C=O) groups excluding carboxylic acids is 1. The Bertz CT molecular complexity index is 62.6. The second-order valence-corrected chi connectivity index (χ2v) is 1.35. The molecule has 0 fully saturated rings. The van der Waals surface area contributed by atoms with Crippen LogP contribution in [0.3, 0.4) is 0 Å². The maximum Gasteiger partial charge on any atom is 0.245 e. The molecule has 1 amide bonds. The number of hydrogen-bond acceptors (Lipinski definition) is 2. The number of amides is 1. The zero-order chi connectivity index (χ0) is 5.15. The van der Waals surface area contributed by atoms with Crippen LogP contribution in [0, 0.1) is 0 Å². The van der Waals surface area contributed by atoms with E-state index in [2.05, 4.69) is 0 Å². The van der Waals surface area contributed by atoms with Crippen LogP contribution < -0.4 is 0 Å². The van der Waals surface area contributed by atoms with Crippen LogP contribution in [-0.4, -0.2) is 15.9 Å². The van der Waals surface area contributed by atoms with Crippen molar-refractivity contribution >= 4 is 15.3 Å². The molecule has 0 saturated carbocycles. The van der Waals surface area contributed by atoms with E-state index >= 15 is 0 Å². The van der Waals surface area contributed by atoms with Gasteiger partial charge in [0.25, 0.3) is 0 Å². The van der Waals surface area contributed by atoms with Gasteiger partial charge in [-0.15, -0.1) is 0 Å². The van der Waals surface area contributed by atoms with Crippen LogP contribution in [0.4, 0.5) is 0 Å². The highest BCUT2D eigenvalue weighted by Gasteiger charge is 1.90. The summed E-state index contributed by atoms with van der Waals surface area (Å²) >= 11 is 0. The molecular formula is C2H6NO2P. The standard InChI is InChI=1S/C2H6NO2P/c1-2(4)3(5)6/h5H,6H2,1H3. The summed E-state index contributed by atoms with van der Waals surface area (Å²) < 4.78 is 0. The fraction of sp³-hybridized carbons (Fsp3) is 0.500. The van der Waals surface area contributed by atoms with Crippen molar-refractivity contribution in [3.8, 4) is 0 Å². The number of rotatable bonds is 0. The summed E-state index contributed by atoms with van der Waals surface area (Å²) in [7, 11) is 1.81. The van der Waals surface area contributed by atoms with Crippen LogP contribution in [0.5, 0.6) is 0 Å². The number of hydroxylamine groups is 1. The van der Waals surface area contributed by atoms with Gasteiger partial charge in [0.05, 0.1) is 0 Å². The van der Waals surface area contributed by atoms with Crippen molar-refractivity contribution in [2.24, 2.45) is 0 Å². The van der Waals surface area contributed by atoms with Gasteiger partial charge in [-0.25, -0.2) is 4.83 Å². The highest BCUT2D eigenvalue weighted by molar-refractivity contribution is 7.14. The SMILES string of the molecule is CC(=O)N(O)P. The molecule has 0 spiro atoms. The normalized spacial score (nSPS) is 7.83. The van der Waals surface area contributed by atoms with Crippen molar-refractivity contribution in [1.29, 1.82) is 0 Å². The fourth-order valence-corrected chi connectivity index (χ4v) is 0. The van der Waals surface area contributed by atoms with E-state index in [1.54, 1.807) is 0 Å². The lowest BCUT2D eigenvalue weighted by atomic mass is 10.8. The van der Waals surface area contributed by atoms with Crippen LogP contribution in [0.1, 0.15) is 6.92 Å². The molecule has 0 bridgehead atoms. The second kappa shape index (κ2) is 2.11. The molecule has 1 N–H and O–H groups in total. The molecule has 0 aromatic carbocycles. The minimum absolute atomic E-state index is 0.389. The Kier molecular flexibility index (Phi) is 2.06. The second-order valence-electron chi connectivity index (χ2n) is 0.864. The first-order valence-corrected chi connectivity index (χ1v) is 1.90. The molecule has 36 valence electrons. The van der Waals surface area contributed by atoms with Gasteiger partial charge in [-0.1, -0.05) is 0 Å². The first-order valence-electron chi connectivity index (χ1n) is 1.39. The van der Waals surface area contributed by atoms with E-state index in [4.69, 9.17) is 5.21 Å². The average Bonchev–Trinajstić information content (AvgIpc) is 1.36. The van der Waals surface area contributed by atoms with Gasteiger partial charge in [-0.3, -0.25) is 10.0 Å². The summed E-state index contributed by atoms with van der Waals surface area (Å²) in [4.78, 5) is 10.2. The average molecular weight is 107 g/mol. The van der Waals surface area contributed by atoms with Crippen LogP contribution in [-0.2, 0) is 4.79 Å². The Labute approximate surface area is 38.2 Å². The first kappa shape index (κ1) is 5.86. The van der Waals surface area contributed by atoms with E-state index in [-0.39, 0.29) is 5.91 Å². The molecule has 0 aliphatic carbocycles. The van der Waals surface area contributed by atoms with Gasteiger partial charge in [0.1, 0.15) is 0 Å². The third kappa shape index (κ3) is 2.12. The van der Waals surface area contributed by atoms with Crippen molar-refractivity contribution in [2.45, 2.75) is 6.92 Å². The zero-order valence-corrected chi connectivity index (χ0v) is 4.53. The maximum atomic E-state index is 9.80. The number of carbonyl (C=O) groups is 1. The molecule has 0 rings (SSSR count). The summed E-state index contributed by atoms with van der Waals surface area (Å²) in [5, 5.41) is 8.08. The van der Waals surface area contributed by atoms with E-state index in [0.717, 1.165) is 0 Å². The third-order valence-corrected chi connectivity index (χ3v) is 0.686. The molecular weight excluding hydrogens is 101 g/mol. The van der Waals surface area contributed by atoms with Crippen molar-refractivity contribution in [3.05, 3.63) is 0 Å². The Morgan fingerprint density at radius 1 is 2.00 bits per heavy atom. The lowest BCUT2D eigenvalue weighted by Gasteiger charge is -1.99. The number of hydrogen-bond donors (Lipinski definition) is 1. The molecule has 1 atom stereocenters. The Balaban J connectivity index is 3.26. The van der Waals surface area contributed by atoms with E-state index < -0.39 is 0 Å². The van der Waals surface area contributed by atoms with Gasteiger partial charge >= 0.3 is 0 Å². The minimum Gasteiger partial charge on any atom is -0.283 e. The summed E-state index contributed by atoms with van der Waals surface area (Å²) in [5.41, 5.74) is 0. The summed E-state index contributed by atoms with van der Waals surface area (Å²) in [6.07, 6.45) is 0. The fourth-order valence-electron chi connectivity index (χ4n) is 0. The molecule has 0 aromatic rings. The Morgan fingerprint density at radius 3 is 2.17 bits per heavy atom. The van der Waals surface area contributed by atoms with E-state index in [9.17, 15) is 4.79 Å². The van der Waals surface area contributed by atoms with Gasteiger partial charge in [-0.05, 0) is 9.39 Å². The minimum atomic E-state index is -0.389. The summed E-state index contributed by atoms with van der Waals surface area (Å²) in [6.45, 7) is 1.26. The molecule has 3 nitrogen and oxygen atoms in total. The van der Waals surface area contributed by atoms with E-state index in [1.807, 2.05) is 9.39 Å². The quantitative estimate of drug-likeness (QED) is 0.269. The van der Waals surface area contributed by atoms with Crippen molar-refractivity contribution in [3.63, 3.8) is 0 Å². The third-order valence-electron chi connectivity index (χ3n) is 0.323. The Morgan fingerprint density at radius 2 is 2.17 bits per heavy atom. The molecule has 1 unspecified atom stereocenters. The number of nitrogens with zero attached hydrogens (tertiary/aromatic N) is 1. The zero-order valence-electron chi connectivity index (χ0n) is 3.38. The predicted molar refractivity (Wildman–Crippen MR) is 24.0 cm³/mol. The molecule has 0 saturated heterocycles. The van der Waals surface area contributed by atoms with Crippen molar-refractivity contribution in [2.75, 3.05) is 0 Å². The molecule has 6 heavy (non-hydrogen) atoms. The van der Waals surface area contributed by atoms with Crippen LogP contribution in [0.2, 0.25) is 0 Å². The lowest BCUT2D eigenvalue weighted by Crippen LogP contribution is -2.10. The van der Waals surface area contributed by atoms with Gasteiger partial charge in [0.15, 0.2) is 0 Å². The highest BCUT2D eigenvalue weighted by Crippen LogP contribution is 1.88. The smallest absolute Gasteiger partial charge is 0.245 e. The van der Waals surface area contributed by atoms with Gasteiger partial charge in [0.2, 0.25) is 5.91 Å². The molecule has 4 heteroatoms. The Hall–Kier alpha value is -0.140. The molecule has 0 aliphatic rings. The lowest BCUT2D eigenvalue weighted by molar-refractivity contribution is -0.142. The van der Waals surface area contributed by atoms with E-state index in [0.29, 0.717) is 4.83 Å². The molecule has 0 aromatic heterocycles. The van der Waals surface area contributed by atoms with Gasteiger partial charge in [-0.2, -0.15) is 0 Å². The van der Waals surface area contributed by atoms with Crippen LogP contribution in [0.25, 0.3) is 0 Å². The summed E-state index contributed by atoms with van der Waals surface area (Å²) in [5.74, 6) is -0.389. The van der Waals surface area contributed by atoms with Crippen molar-refractivity contribution in [1.82, 2.24) is 4.83 Å². The molecule has 0 aliphatic heterocycles. The van der Waals surface area contributed by atoms with Gasteiger partial charge < -0.3 is 0 Å². The molecule has 0 heterocycles. The van der Waals surface area contributed by atoms with E-state index in [1.165, 1.54) is 6.92 Å². The van der Waals surface area contributed by atoms with Crippen molar-refractivity contribution < 1.29 is 10.0 Å². The topological polar surface area (TPSA) is 40.5 Å². The monoisotopic (exact) mass is 107 g/mol. The predicted octanol–water partition coefficient (Wildman–Crippen LogP) is 0.0142. The maximum absolute atomic E-state index is 9.80. The first-order chi connectivity index (χ1) is 2.64.